The summed E-state index contributed by atoms with van der Waals surface area (Å²) in [7, 11) is 0. The summed E-state index contributed by atoms with van der Waals surface area (Å²) in [6.45, 7) is 20.1. The molecule has 160 valence electrons. The van der Waals surface area contributed by atoms with Crippen LogP contribution in [0.15, 0.2) is 54.6 Å². The summed E-state index contributed by atoms with van der Waals surface area (Å²) >= 11 is 0. The topological polar surface area (TPSA) is 18.5 Å². The lowest BCUT2D eigenvalue weighted by Gasteiger charge is -2.35. The van der Waals surface area contributed by atoms with Crippen LogP contribution < -0.4 is 4.74 Å². The van der Waals surface area contributed by atoms with Crippen molar-refractivity contribution in [1.82, 2.24) is 0 Å². The van der Waals surface area contributed by atoms with Gasteiger partial charge in [-0.2, -0.15) is 0 Å². The van der Waals surface area contributed by atoms with E-state index in [1.165, 1.54) is 5.56 Å². The summed E-state index contributed by atoms with van der Waals surface area (Å²) in [5.74, 6) is 1.94. The first-order valence-electron chi connectivity index (χ1n) is 10.9. The minimum atomic E-state index is -0.341. The molecule has 0 aliphatic rings. The van der Waals surface area contributed by atoms with E-state index >= 15 is 0 Å². The van der Waals surface area contributed by atoms with Gasteiger partial charge < -0.3 is 9.47 Å². The van der Waals surface area contributed by atoms with E-state index < -0.39 is 0 Å². The highest BCUT2D eigenvalue weighted by Crippen LogP contribution is 2.41. The molecule has 0 bridgehead atoms. The molecule has 0 N–H and O–H groups in total. The average molecular weight is 397 g/mol. The second-order valence-corrected chi connectivity index (χ2v) is 10.7. The van der Waals surface area contributed by atoms with Crippen LogP contribution in [-0.4, -0.2) is 6.29 Å². The fourth-order valence-electron chi connectivity index (χ4n) is 4.16. The van der Waals surface area contributed by atoms with Crippen molar-refractivity contribution in [1.29, 1.82) is 0 Å². The van der Waals surface area contributed by atoms with Gasteiger partial charge in [0.2, 0.25) is 6.29 Å². The first kappa shape index (κ1) is 23.5. The number of hydrogen-bond donors (Lipinski definition) is 0. The van der Waals surface area contributed by atoms with Crippen LogP contribution in [0.5, 0.6) is 5.75 Å². The lowest BCUT2D eigenvalue weighted by Crippen LogP contribution is -2.35. The molecule has 29 heavy (non-hydrogen) atoms. The molecular formula is C27H40O2. The first-order valence-corrected chi connectivity index (χ1v) is 10.9. The highest BCUT2D eigenvalue weighted by Gasteiger charge is 2.31. The monoisotopic (exact) mass is 396 g/mol. The Morgan fingerprint density at radius 3 is 1.66 bits per heavy atom. The summed E-state index contributed by atoms with van der Waals surface area (Å²) in [6, 6.07) is 18.9. The van der Waals surface area contributed by atoms with Gasteiger partial charge in [0.1, 0.15) is 5.75 Å². The second kappa shape index (κ2) is 9.34. The molecule has 0 saturated heterocycles. The number of benzene rings is 2. The zero-order valence-electron chi connectivity index (χ0n) is 19.8. The largest absolute Gasteiger partial charge is 0.464 e. The van der Waals surface area contributed by atoms with Crippen molar-refractivity contribution >= 4 is 0 Å². The highest BCUT2D eigenvalue weighted by molar-refractivity contribution is 5.31. The Kier molecular flexibility index (Phi) is 7.56. The molecule has 2 nitrogen and oxygen atoms in total. The van der Waals surface area contributed by atoms with Crippen molar-refractivity contribution < 1.29 is 9.47 Å². The maximum absolute atomic E-state index is 6.35. The second-order valence-electron chi connectivity index (χ2n) is 10.7. The minimum absolute atomic E-state index is 0.0362. The van der Waals surface area contributed by atoms with Gasteiger partial charge in [0.25, 0.3) is 0 Å². The maximum atomic E-state index is 6.35. The third-order valence-electron chi connectivity index (χ3n) is 5.39. The van der Waals surface area contributed by atoms with Crippen molar-refractivity contribution in [2.24, 2.45) is 16.7 Å². The van der Waals surface area contributed by atoms with Crippen LogP contribution in [0.25, 0.3) is 0 Å². The molecule has 0 heterocycles. The molecule has 0 amide bonds. The molecule has 3 atom stereocenters. The summed E-state index contributed by atoms with van der Waals surface area (Å²) in [5.41, 5.74) is 2.60. The average Bonchev–Trinajstić information content (AvgIpc) is 2.61. The van der Waals surface area contributed by atoms with E-state index in [-0.39, 0.29) is 23.2 Å². The van der Waals surface area contributed by atoms with E-state index in [1.807, 2.05) is 18.2 Å². The first-order chi connectivity index (χ1) is 13.4. The summed E-state index contributed by atoms with van der Waals surface area (Å²) in [4.78, 5) is 0. The van der Waals surface area contributed by atoms with Gasteiger partial charge in [-0.1, -0.05) is 97.9 Å². The molecule has 3 unspecified atom stereocenters. The van der Waals surface area contributed by atoms with E-state index in [0.717, 1.165) is 11.3 Å². The van der Waals surface area contributed by atoms with Crippen LogP contribution in [0.3, 0.4) is 0 Å². The molecule has 0 aliphatic heterocycles. The Bertz CT molecular complexity index is 733. The molecular weight excluding hydrogens is 356 g/mol. The van der Waals surface area contributed by atoms with Gasteiger partial charge in [0.15, 0.2) is 0 Å². The summed E-state index contributed by atoms with van der Waals surface area (Å²) < 4.78 is 12.7. The number of ether oxygens (including phenoxy) is 2. The predicted molar refractivity (Wildman–Crippen MR) is 123 cm³/mol. The third-order valence-corrected chi connectivity index (χ3v) is 5.39. The van der Waals surface area contributed by atoms with Gasteiger partial charge in [0, 0.05) is 5.41 Å². The normalized spacial score (nSPS) is 15.8. The molecule has 0 radical (unpaired) electrons. The Morgan fingerprint density at radius 1 is 0.655 bits per heavy atom. The standard InChI is InChI=1S/C27H40O2/c1-19(2)24(26(4,5)6)22-15-17-23(18-16-22)29-25(27(7,8)9)28-20(3)21-13-11-10-12-14-21/h10-20,24-25H,1-9H3. The Hall–Kier alpha value is -1.80. The van der Waals surface area contributed by atoms with Gasteiger partial charge >= 0.3 is 0 Å². The van der Waals surface area contributed by atoms with Crippen LogP contribution in [0, 0.1) is 16.7 Å². The van der Waals surface area contributed by atoms with E-state index in [1.54, 1.807) is 0 Å². The zero-order valence-corrected chi connectivity index (χ0v) is 19.8. The fraction of sp³-hybridized carbons (Fsp3) is 0.556. The van der Waals surface area contributed by atoms with E-state index in [0.29, 0.717) is 11.8 Å². The fourth-order valence-corrected chi connectivity index (χ4v) is 4.16. The Labute approximate surface area is 178 Å². The van der Waals surface area contributed by atoms with Crippen molar-refractivity contribution in [2.45, 2.75) is 80.6 Å². The van der Waals surface area contributed by atoms with E-state index in [9.17, 15) is 0 Å². The van der Waals surface area contributed by atoms with E-state index in [4.69, 9.17) is 9.47 Å². The van der Waals surface area contributed by atoms with Gasteiger partial charge in [-0.15, -0.1) is 0 Å². The molecule has 2 rings (SSSR count). The van der Waals surface area contributed by atoms with Crippen molar-refractivity contribution in [3.05, 3.63) is 65.7 Å². The number of rotatable bonds is 7. The lowest BCUT2D eigenvalue weighted by molar-refractivity contribution is -0.169. The van der Waals surface area contributed by atoms with Gasteiger partial charge in [0.05, 0.1) is 6.10 Å². The molecule has 0 aromatic heterocycles. The quantitative estimate of drug-likeness (QED) is 0.441. The van der Waals surface area contributed by atoms with Crippen LogP contribution in [0.1, 0.15) is 85.5 Å². The van der Waals surface area contributed by atoms with Crippen molar-refractivity contribution in [3.8, 4) is 5.75 Å². The molecule has 2 aromatic carbocycles. The number of hydrogen-bond acceptors (Lipinski definition) is 2. The van der Waals surface area contributed by atoms with Gasteiger partial charge in [-0.3, -0.25) is 0 Å². The Balaban J connectivity index is 2.17. The van der Waals surface area contributed by atoms with Crippen LogP contribution in [-0.2, 0) is 4.74 Å². The smallest absolute Gasteiger partial charge is 0.205 e. The van der Waals surface area contributed by atoms with Crippen molar-refractivity contribution in [3.63, 3.8) is 0 Å². The summed E-state index contributed by atoms with van der Waals surface area (Å²) in [6.07, 6.45) is -0.377. The van der Waals surface area contributed by atoms with Crippen LogP contribution in [0.2, 0.25) is 0 Å². The predicted octanol–water partition coefficient (Wildman–Crippen LogP) is 8.00. The molecule has 2 aromatic rings. The van der Waals surface area contributed by atoms with Gasteiger partial charge in [-0.25, -0.2) is 0 Å². The van der Waals surface area contributed by atoms with Crippen molar-refractivity contribution in [2.75, 3.05) is 0 Å². The summed E-state index contributed by atoms with van der Waals surface area (Å²) in [5, 5.41) is 0. The highest BCUT2D eigenvalue weighted by atomic mass is 16.7. The van der Waals surface area contributed by atoms with Crippen LogP contribution >= 0.6 is 0 Å². The molecule has 0 saturated carbocycles. The molecule has 0 aliphatic carbocycles. The van der Waals surface area contributed by atoms with Gasteiger partial charge in [-0.05, 0) is 47.4 Å². The lowest BCUT2D eigenvalue weighted by atomic mass is 9.70. The SMILES string of the molecule is CC(OC(Oc1ccc(C(C(C)C)C(C)(C)C)cc1)C(C)(C)C)c1ccccc1. The van der Waals surface area contributed by atoms with Crippen LogP contribution in [0.4, 0.5) is 0 Å². The third kappa shape index (κ3) is 6.60. The zero-order chi connectivity index (χ0) is 21.8. The molecule has 2 heteroatoms. The maximum Gasteiger partial charge on any atom is 0.205 e. The van der Waals surface area contributed by atoms with E-state index in [2.05, 4.69) is 98.7 Å². The molecule has 0 spiro atoms. The molecule has 0 fully saturated rings. The minimum Gasteiger partial charge on any atom is -0.464 e. The Morgan fingerprint density at radius 2 is 1.21 bits per heavy atom.